The second kappa shape index (κ2) is 6.13. The maximum Gasteiger partial charge on any atom is 0.292 e. The van der Waals surface area contributed by atoms with Gasteiger partial charge in [-0.3, -0.25) is 4.79 Å². The fourth-order valence-electron chi connectivity index (χ4n) is 3.08. The van der Waals surface area contributed by atoms with Gasteiger partial charge in [0.15, 0.2) is 11.4 Å². The minimum atomic E-state index is -0.348. The van der Waals surface area contributed by atoms with Crippen LogP contribution in [0.15, 0.2) is 29.1 Å². The van der Waals surface area contributed by atoms with Crippen LogP contribution in [0, 0.1) is 18.3 Å². The van der Waals surface area contributed by atoms with Crippen LogP contribution in [0.1, 0.15) is 22.5 Å². The third-order valence-corrected chi connectivity index (χ3v) is 4.29. The molecule has 0 bridgehead atoms. The summed E-state index contributed by atoms with van der Waals surface area (Å²) in [6.45, 7) is 3.26. The Kier molecular flexibility index (Phi) is 4.02. The first-order valence-electron chi connectivity index (χ1n) is 7.69. The van der Waals surface area contributed by atoms with E-state index in [1.54, 1.807) is 14.0 Å². The number of aromatic nitrogens is 2. The summed E-state index contributed by atoms with van der Waals surface area (Å²) < 4.78 is 1.30. The lowest BCUT2D eigenvalue weighted by molar-refractivity contribution is 0.740. The quantitative estimate of drug-likeness (QED) is 0.902. The molecule has 0 saturated heterocycles. The Labute approximate surface area is 135 Å². The van der Waals surface area contributed by atoms with Crippen LogP contribution in [0.25, 0.3) is 0 Å². The van der Waals surface area contributed by atoms with Gasteiger partial charge in [0, 0.05) is 20.1 Å². The molecule has 118 valence electrons. The van der Waals surface area contributed by atoms with Gasteiger partial charge in [-0.05, 0) is 30.9 Å². The summed E-state index contributed by atoms with van der Waals surface area (Å²) >= 11 is 0. The predicted molar refractivity (Wildman–Crippen MR) is 89.3 cm³/mol. The molecule has 0 amide bonds. The average Bonchev–Trinajstić information content (AvgIpc) is 2.77. The monoisotopic (exact) mass is 309 g/mol. The largest absolute Gasteiger partial charge is 0.355 e. The van der Waals surface area contributed by atoms with Crippen LogP contribution in [0.3, 0.4) is 0 Å². The van der Waals surface area contributed by atoms with E-state index < -0.39 is 0 Å². The Bertz CT molecular complexity index is 807. The van der Waals surface area contributed by atoms with E-state index in [-0.39, 0.29) is 11.1 Å². The number of fused-ring (bicyclic) bond motifs is 1. The molecule has 0 aliphatic carbocycles. The van der Waals surface area contributed by atoms with Crippen molar-refractivity contribution in [2.45, 2.75) is 19.8 Å². The van der Waals surface area contributed by atoms with E-state index in [0.29, 0.717) is 11.6 Å². The zero-order chi connectivity index (χ0) is 16.4. The molecule has 0 spiro atoms. The van der Waals surface area contributed by atoms with Crippen molar-refractivity contribution in [2.75, 3.05) is 30.5 Å². The van der Waals surface area contributed by atoms with Crippen LogP contribution in [0.2, 0.25) is 0 Å². The maximum absolute atomic E-state index is 12.4. The van der Waals surface area contributed by atoms with E-state index in [1.807, 2.05) is 23.1 Å². The van der Waals surface area contributed by atoms with Crippen molar-refractivity contribution in [3.8, 4) is 6.07 Å². The minimum Gasteiger partial charge on any atom is -0.355 e. The summed E-state index contributed by atoms with van der Waals surface area (Å²) in [6.07, 6.45) is 1.77. The topological polar surface area (TPSA) is 74.0 Å². The highest BCUT2D eigenvalue weighted by Gasteiger charge is 2.21. The van der Waals surface area contributed by atoms with E-state index >= 15 is 0 Å². The summed E-state index contributed by atoms with van der Waals surface area (Å²) in [7, 11) is 1.64. The van der Waals surface area contributed by atoms with Gasteiger partial charge in [0.25, 0.3) is 5.56 Å². The van der Waals surface area contributed by atoms with E-state index in [2.05, 4.69) is 22.5 Å². The standard InChI is InChI=1S/C17H19N5O/c1-12-20-16(15(11-18)17(23)22(12)19-2)21-9-7-13-5-3-4-6-14(13)8-10-21/h3-6,19H,7-10H2,1-2H3. The molecule has 6 nitrogen and oxygen atoms in total. The normalized spacial score (nSPS) is 13.9. The maximum atomic E-state index is 12.4. The Morgan fingerprint density at radius 3 is 2.35 bits per heavy atom. The fourth-order valence-corrected chi connectivity index (χ4v) is 3.08. The number of rotatable bonds is 2. The molecule has 1 aliphatic rings. The summed E-state index contributed by atoms with van der Waals surface area (Å²) in [6, 6.07) is 10.4. The number of hydrogen-bond donors (Lipinski definition) is 1. The predicted octanol–water partition coefficient (Wildman–Crippen LogP) is 1.20. The van der Waals surface area contributed by atoms with E-state index in [9.17, 15) is 10.1 Å². The van der Waals surface area contributed by atoms with Gasteiger partial charge in [0.1, 0.15) is 11.9 Å². The molecule has 0 fully saturated rings. The highest BCUT2D eigenvalue weighted by Crippen LogP contribution is 2.21. The summed E-state index contributed by atoms with van der Waals surface area (Å²) in [5.74, 6) is 1.04. The number of hydrogen-bond acceptors (Lipinski definition) is 5. The van der Waals surface area contributed by atoms with Gasteiger partial charge in [-0.15, -0.1) is 0 Å². The molecular weight excluding hydrogens is 290 g/mol. The van der Waals surface area contributed by atoms with Crippen LogP contribution < -0.4 is 15.9 Å². The van der Waals surface area contributed by atoms with Crippen molar-refractivity contribution in [1.82, 2.24) is 9.66 Å². The lowest BCUT2D eigenvalue weighted by Gasteiger charge is -2.23. The second-order valence-corrected chi connectivity index (χ2v) is 5.59. The molecule has 0 saturated carbocycles. The van der Waals surface area contributed by atoms with E-state index in [1.165, 1.54) is 15.8 Å². The van der Waals surface area contributed by atoms with E-state index in [0.717, 1.165) is 25.9 Å². The third-order valence-electron chi connectivity index (χ3n) is 4.29. The van der Waals surface area contributed by atoms with Gasteiger partial charge in [0.2, 0.25) is 0 Å². The molecule has 23 heavy (non-hydrogen) atoms. The van der Waals surface area contributed by atoms with Gasteiger partial charge in [-0.2, -0.15) is 5.26 Å². The SMILES string of the molecule is CNn1c(C)nc(N2CCc3ccccc3CC2)c(C#N)c1=O. The molecule has 1 N–H and O–H groups in total. The molecule has 2 aromatic rings. The summed E-state index contributed by atoms with van der Waals surface area (Å²) in [5.41, 5.74) is 5.17. The Morgan fingerprint density at radius 1 is 1.22 bits per heavy atom. The lowest BCUT2D eigenvalue weighted by Crippen LogP contribution is -2.36. The first-order chi connectivity index (χ1) is 11.2. The Morgan fingerprint density at radius 2 is 1.83 bits per heavy atom. The Hall–Kier alpha value is -2.81. The fraction of sp³-hybridized carbons (Fsp3) is 0.353. The second-order valence-electron chi connectivity index (χ2n) is 5.59. The minimum absolute atomic E-state index is 0.0934. The van der Waals surface area contributed by atoms with Crippen molar-refractivity contribution in [2.24, 2.45) is 0 Å². The van der Waals surface area contributed by atoms with Gasteiger partial charge in [-0.1, -0.05) is 24.3 Å². The molecule has 1 aromatic heterocycles. The van der Waals surface area contributed by atoms with Crippen molar-refractivity contribution in [1.29, 1.82) is 5.26 Å². The number of benzene rings is 1. The van der Waals surface area contributed by atoms with Crippen LogP contribution in [-0.4, -0.2) is 29.8 Å². The van der Waals surface area contributed by atoms with Gasteiger partial charge < -0.3 is 10.3 Å². The summed E-state index contributed by atoms with van der Waals surface area (Å²) in [4.78, 5) is 19.0. The molecule has 1 aromatic carbocycles. The number of nitriles is 1. The number of nitrogens with one attached hydrogen (secondary N) is 1. The third kappa shape index (κ3) is 2.66. The molecule has 0 atom stereocenters. The van der Waals surface area contributed by atoms with Crippen molar-refractivity contribution in [3.63, 3.8) is 0 Å². The van der Waals surface area contributed by atoms with Gasteiger partial charge in [0.05, 0.1) is 0 Å². The van der Waals surface area contributed by atoms with Crippen LogP contribution >= 0.6 is 0 Å². The number of anilines is 1. The molecule has 1 aliphatic heterocycles. The van der Waals surface area contributed by atoms with Crippen molar-refractivity contribution >= 4 is 5.82 Å². The smallest absolute Gasteiger partial charge is 0.292 e. The molecular formula is C17H19N5O. The molecule has 0 radical (unpaired) electrons. The van der Waals surface area contributed by atoms with Crippen molar-refractivity contribution < 1.29 is 0 Å². The first-order valence-corrected chi connectivity index (χ1v) is 7.69. The zero-order valence-corrected chi connectivity index (χ0v) is 13.3. The first kappa shape index (κ1) is 15.1. The van der Waals surface area contributed by atoms with Crippen LogP contribution in [-0.2, 0) is 12.8 Å². The van der Waals surface area contributed by atoms with Gasteiger partial charge in [-0.25, -0.2) is 9.66 Å². The molecule has 3 rings (SSSR count). The van der Waals surface area contributed by atoms with Crippen LogP contribution in [0.4, 0.5) is 5.82 Å². The Balaban J connectivity index is 2.00. The molecule has 6 heteroatoms. The summed E-state index contributed by atoms with van der Waals surface area (Å²) in [5, 5.41) is 9.43. The molecule has 0 unspecified atom stereocenters. The highest BCUT2D eigenvalue weighted by atomic mass is 16.1. The number of nitrogens with zero attached hydrogens (tertiary/aromatic N) is 4. The zero-order valence-electron chi connectivity index (χ0n) is 13.3. The van der Waals surface area contributed by atoms with Crippen LogP contribution in [0.5, 0.6) is 0 Å². The van der Waals surface area contributed by atoms with E-state index in [4.69, 9.17) is 0 Å². The highest BCUT2D eigenvalue weighted by molar-refractivity contribution is 5.54. The van der Waals surface area contributed by atoms with Gasteiger partial charge >= 0.3 is 0 Å². The lowest BCUT2D eigenvalue weighted by atomic mass is 10.0. The molecule has 2 heterocycles. The van der Waals surface area contributed by atoms with Crippen molar-refractivity contribution in [3.05, 3.63) is 57.1 Å². The average molecular weight is 309 g/mol. The number of aryl methyl sites for hydroxylation is 1.